The van der Waals surface area contributed by atoms with Crippen LogP contribution in [0.2, 0.25) is 0 Å². The van der Waals surface area contributed by atoms with E-state index in [1.807, 2.05) is 35.2 Å². The first-order valence-corrected chi connectivity index (χ1v) is 7.86. The van der Waals surface area contributed by atoms with E-state index in [0.29, 0.717) is 5.16 Å². The number of rotatable bonds is 4. The molecule has 7 heteroatoms. The van der Waals surface area contributed by atoms with Gasteiger partial charge >= 0.3 is 0 Å². The van der Waals surface area contributed by atoms with Crippen LogP contribution >= 0.6 is 11.8 Å². The average Bonchev–Trinajstić information content (AvgIpc) is 3.17. The zero-order chi connectivity index (χ0) is 14.7. The summed E-state index contributed by atoms with van der Waals surface area (Å²) in [6.45, 7) is 1.69. The first kappa shape index (κ1) is 14.1. The van der Waals surface area contributed by atoms with E-state index >= 15 is 0 Å². The number of hydrogen-bond acceptors (Lipinski definition) is 5. The third kappa shape index (κ3) is 3.07. The maximum Gasteiger partial charge on any atom is 0.240 e. The first-order valence-electron chi connectivity index (χ1n) is 6.98. The van der Waals surface area contributed by atoms with Crippen molar-refractivity contribution in [3.63, 3.8) is 0 Å². The predicted octanol–water partition coefficient (Wildman–Crippen LogP) is 1.67. The van der Waals surface area contributed by atoms with Crippen molar-refractivity contribution in [2.24, 2.45) is 7.05 Å². The van der Waals surface area contributed by atoms with Gasteiger partial charge in [0.15, 0.2) is 0 Å². The molecule has 1 aromatic heterocycles. The van der Waals surface area contributed by atoms with Crippen molar-refractivity contribution in [3.8, 4) is 0 Å². The number of benzene rings is 1. The summed E-state index contributed by atoms with van der Waals surface area (Å²) in [7, 11) is 1.78. The summed E-state index contributed by atoms with van der Waals surface area (Å²) in [4.78, 5) is 14.7. The molecule has 1 amide bonds. The van der Waals surface area contributed by atoms with E-state index in [4.69, 9.17) is 0 Å². The van der Waals surface area contributed by atoms with Crippen LogP contribution in [-0.4, -0.2) is 44.1 Å². The zero-order valence-corrected chi connectivity index (χ0v) is 12.7. The van der Waals surface area contributed by atoms with Crippen LogP contribution in [0.25, 0.3) is 0 Å². The number of aryl methyl sites for hydroxylation is 1. The van der Waals surface area contributed by atoms with Gasteiger partial charge in [-0.25, -0.2) is 4.68 Å². The van der Waals surface area contributed by atoms with Crippen LogP contribution in [0.4, 0.5) is 0 Å². The largest absolute Gasteiger partial charge is 0.341 e. The average molecular weight is 303 g/mol. The lowest BCUT2D eigenvalue weighted by atomic mass is 10.1. The monoisotopic (exact) mass is 303 g/mol. The SMILES string of the molecule is Cn1nnnc1SC(C(=O)N1CCCC1)c1ccccc1. The Hall–Kier alpha value is -1.89. The van der Waals surface area contributed by atoms with E-state index in [-0.39, 0.29) is 11.2 Å². The summed E-state index contributed by atoms with van der Waals surface area (Å²) in [5, 5.41) is 11.8. The molecular formula is C14H17N5OS. The van der Waals surface area contributed by atoms with Crippen molar-refractivity contribution in [1.82, 2.24) is 25.1 Å². The number of tetrazole rings is 1. The fourth-order valence-electron chi connectivity index (χ4n) is 2.42. The maximum atomic E-state index is 12.8. The Morgan fingerprint density at radius 3 is 2.57 bits per heavy atom. The van der Waals surface area contributed by atoms with Gasteiger partial charge in [0.25, 0.3) is 0 Å². The molecular weight excluding hydrogens is 286 g/mol. The summed E-state index contributed by atoms with van der Waals surface area (Å²) in [6.07, 6.45) is 2.17. The normalized spacial score (nSPS) is 16.1. The quantitative estimate of drug-likeness (QED) is 0.804. The number of carbonyl (C=O) groups excluding carboxylic acids is 1. The fraction of sp³-hybridized carbons (Fsp3) is 0.429. The van der Waals surface area contributed by atoms with Crippen LogP contribution in [0.1, 0.15) is 23.7 Å². The van der Waals surface area contributed by atoms with Gasteiger partial charge in [-0.1, -0.05) is 42.1 Å². The Morgan fingerprint density at radius 1 is 1.24 bits per heavy atom. The summed E-state index contributed by atoms with van der Waals surface area (Å²) in [5.74, 6) is 0.145. The molecule has 0 spiro atoms. The first-order chi connectivity index (χ1) is 10.3. The Balaban J connectivity index is 1.87. The van der Waals surface area contributed by atoms with E-state index in [1.54, 1.807) is 11.7 Å². The Labute approximate surface area is 127 Å². The van der Waals surface area contributed by atoms with Gasteiger partial charge in [0.1, 0.15) is 5.25 Å². The molecule has 1 aliphatic rings. The van der Waals surface area contributed by atoms with Crippen molar-refractivity contribution >= 4 is 17.7 Å². The van der Waals surface area contributed by atoms with Crippen LogP contribution in [-0.2, 0) is 11.8 Å². The molecule has 21 heavy (non-hydrogen) atoms. The van der Waals surface area contributed by atoms with Crippen molar-refractivity contribution in [1.29, 1.82) is 0 Å². The third-order valence-corrected chi connectivity index (χ3v) is 4.82. The Kier molecular flexibility index (Phi) is 4.19. The van der Waals surface area contributed by atoms with Gasteiger partial charge in [-0.3, -0.25) is 4.79 Å². The molecule has 2 aromatic rings. The van der Waals surface area contributed by atoms with Crippen molar-refractivity contribution in [2.75, 3.05) is 13.1 Å². The number of aromatic nitrogens is 4. The van der Waals surface area contributed by atoms with Gasteiger partial charge in [-0.2, -0.15) is 0 Å². The molecule has 0 aliphatic carbocycles. The molecule has 1 aromatic carbocycles. The third-order valence-electron chi connectivity index (χ3n) is 3.55. The Bertz CT molecular complexity index is 609. The maximum absolute atomic E-state index is 12.8. The molecule has 3 rings (SSSR count). The van der Waals surface area contributed by atoms with E-state index in [2.05, 4.69) is 15.5 Å². The van der Waals surface area contributed by atoms with Crippen LogP contribution in [0.15, 0.2) is 35.5 Å². The summed E-state index contributed by atoms with van der Waals surface area (Å²) >= 11 is 1.41. The predicted molar refractivity (Wildman–Crippen MR) is 79.7 cm³/mol. The lowest BCUT2D eigenvalue weighted by Gasteiger charge is -2.22. The van der Waals surface area contributed by atoms with Crippen molar-refractivity contribution in [2.45, 2.75) is 23.2 Å². The zero-order valence-electron chi connectivity index (χ0n) is 11.8. The minimum absolute atomic E-state index is 0.145. The van der Waals surface area contributed by atoms with Gasteiger partial charge in [0.05, 0.1) is 0 Å². The molecule has 0 bridgehead atoms. The van der Waals surface area contributed by atoms with Crippen LogP contribution in [0.5, 0.6) is 0 Å². The van der Waals surface area contributed by atoms with Crippen LogP contribution in [0, 0.1) is 0 Å². The highest BCUT2D eigenvalue weighted by atomic mass is 32.2. The molecule has 1 atom stereocenters. The molecule has 1 saturated heterocycles. The molecule has 0 N–H and O–H groups in total. The van der Waals surface area contributed by atoms with E-state index in [1.165, 1.54) is 11.8 Å². The molecule has 6 nitrogen and oxygen atoms in total. The molecule has 1 fully saturated rings. The molecule has 1 aliphatic heterocycles. The van der Waals surface area contributed by atoms with E-state index < -0.39 is 0 Å². The van der Waals surface area contributed by atoms with Crippen molar-refractivity contribution < 1.29 is 4.79 Å². The van der Waals surface area contributed by atoms with Crippen molar-refractivity contribution in [3.05, 3.63) is 35.9 Å². The minimum Gasteiger partial charge on any atom is -0.341 e. The van der Waals surface area contributed by atoms with E-state index in [9.17, 15) is 4.79 Å². The van der Waals surface area contributed by atoms with Gasteiger partial charge < -0.3 is 4.90 Å². The fourth-order valence-corrected chi connectivity index (χ4v) is 3.45. The second-order valence-electron chi connectivity index (χ2n) is 5.03. The summed E-state index contributed by atoms with van der Waals surface area (Å²) in [5.41, 5.74) is 0.988. The number of nitrogens with zero attached hydrogens (tertiary/aromatic N) is 5. The number of amides is 1. The topological polar surface area (TPSA) is 63.9 Å². The van der Waals surface area contributed by atoms with Gasteiger partial charge in [-0.05, 0) is 28.8 Å². The molecule has 0 saturated carbocycles. The second-order valence-corrected chi connectivity index (χ2v) is 6.10. The summed E-state index contributed by atoms with van der Waals surface area (Å²) in [6, 6.07) is 9.82. The molecule has 110 valence electrons. The highest BCUT2D eigenvalue weighted by Crippen LogP contribution is 2.35. The van der Waals surface area contributed by atoms with E-state index in [0.717, 1.165) is 31.5 Å². The molecule has 1 unspecified atom stereocenters. The lowest BCUT2D eigenvalue weighted by Crippen LogP contribution is -2.31. The van der Waals surface area contributed by atoms with Crippen LogP contribution < -0.4 is 0 Å². The summed E-state index contributed by atoms with van der Waals surface area (Å²) < 4.78 is 1.60. The highest BCUT2D eigenvalue weighted by Gasteiger charge is 2.30. The number of carbonyl (C=O) groups is 1. The standard InChI is InChI=1S/C14H17N5OS/c1-18-14(15-16-17-18)21-12(11-7-3-2-4-8-11)13(20)19-9-5-6-10-19/h2-4,7-8,12H,5-6,9-10H2,1H3. The molecule has 0 radical (unpaired) electrons. The lowest BCUT2D eigenvalue weighted by molar-refractivity contribution is -0.129. The Morgan fingerprint density at radius 2 is 1.95 bits per heavy atom. The minimum atomic E-state index is -0.297. The smallest absolute Gasteiger partial charge is 0.240 e. The van der Waals surface area contributed by atoms with Gasteiger partial charge in [0.2, 0.25) is 11.1 Å². The number of hydrogen-bond donors (Lipinski definition) is 0. The second kappa shape index (κ2) is 6.26. The number of likely N-dealkylation sites (tertiary alicyclic amines) is 1. The van der Waals surface area contributed by atoms with Gasteiger partial charge in [0, 0.05) is 20.1 Å². The van der Waals surface area contributed by atoms with Gasteiger partial charge in [-0.15, -0.1) is 5.10 Å². The molecule has 2 heterocycles. The van der Waals surface area contributed by atoms with Crippen LogP contribution in [0.3, 0.4) is 0 Å². The highest BCUT2D eigenvalue weighted by molar-refractivity contribution is 8.00. The number of thioether (sulfide) groups is 1.